The number of aliphatic hydroxyl groups excluding tert-OH is 1. The Balaban J connectivity index is 1.49. The van der Waals surface area contributed by atoms with Gasteiger partial charge in [0, 0.05) is 31.7 Å². The van der Waals surface area contributed by atoms with Crippen molar-refractivity contribution in [2.24, 2.45) is 0 Å². The third-order valence-electron chi connectivity index (χ3n) is 7.18. The molecule has 2 atom stereocenters. The number of benzene rings is 1. The molecule has 2 amide bonds. The summed E-state index contributed by atoms with van der Waals surface area (Å²) >= 11 is 0. The van der Waals surface area contributed by atoms with Crippen molar-refractivity contribution in [3.63, 3.8) is 0 Å². The predicted molar refractivity (Wildman–Crippen MR) is 131 cm³/mol. The van der Waals surface area contributed by atoms with Crippen LogP contribution >= 0.6 is 0 Å². The Morgan fingerprint density at radius 2 is 1.88 bits per heavy atom. The first kappa shape index (κ1) is 23.5. The van der Waals surface area contributed by atoms with E-state index < -0.39 is 6.23 Å². The molecule has 0 radical (unpaired) electrons. The molecule has 2 aliphatic rings. The fourth-order valence-electron chi connectivity index (χ4n) is 5.00. The molecule has 33 heavy (non-hydrogen) atoms. The van der Waals surface area contributed by atoms with E-state index >= 15 is 0 Å². The van der Waals surface area contributed by atoms with Crippen molar-refractivity contribution in [3.05, 3.63) is 54.2 Å². The van der Waals surface area contributed by atoms with Gasteiger partial charge in [-0.1, -0.05) is 30.3 Å². The Morgan fingerprint density at radius 3 is 2.55 bits per heavy atom. The number of pyridine rings is 1. The minimum atomic E-state index is -0.495. The number of piperazine rings is 1. The molecule has 8 nitrogen and oxygen atoms in total. The highest BCUT2D eigenvalue weighted by atomic mass is 16.3. The Bertz CT molecular complexity index is 922. The molecule has 8 heteroatoms. The maximum Gasteiger partial charge on any atom is 0.321 e. The number of anilines is 2. The van der Waals surface area contributed by atoms with Crippen molar-refractivity contribution in [1.82, 2.24) is 20.1 Å². The number of carbonyl (C=O) groups excluding carboxylic acids is 1. The van der Waals surface area contributed by atoms with Crippen molar-refractivity contribution >= 4 is 17.5 Å². The Kier molecular flexibility index (Phi) is 7.17. The molecule has 2 fully saturated rings. The van der Waals surface area contributed by atoms with E-state index in [1.165, 1.54) is 5.56 Å². The van der Waals surface area contributed by atoms with Crippen LogP contribution in [0.4, 0.5) is 16.3 Å². The first-order valence-corrected chi connectivity index (χ1v) is 11.8. The van der Waals surface area contributed by atoms with E-state index in [-0.39, 0.29) is 11.6 Å². The largest absolute Gasteiger partial charge is 0.377 e. The van der Waals surface area contributed by atoms with Gasteiger partial charge in [0.2, 0.25) is 0 Å². The van der Waals surface area contributed by atoms with Crippen molar-refractivity contribution in [2.75, 3.05) is 63.7 Å². The van der Waals surface area contributed by atoms with Crippen LogP contribution in [0.1, 0.15) is 24.8 Å². The number of β-amino-alcohol motifs (C(OH)–C–C–N with tert-alkyl or cyclic N) is 1. The number of carbonyl (C=O) groups is 1. The normalized spacial score (nSPS) is 25.4. The van der Waals surface area contributed by atoms with Crippen LogP contribution in [-0.2, 0) is 5.54 Å². The number of aliphatic hydroxyl groups is 1. The summed E-state index contributed by atoms with van der Waals surface area (Å²) in [5, 5.41) is 13.3. The lowest BCUT2D eigenvalue weighted by atomic mass is 9.81. The number of urea groups is 1. The van der Waals surface area contributed by atoms with E-state index in [4.69, 9.17) is 0 Å². The zero-order chi connectivity index (χ0) is 23.4. The summed E-state index contributed by atoms with van der Waals surface area (Å²) in [6.07, 6.45) is 3.97. The first-order valence-electron chi connectivity index (χ1n) is 11.8. The molecule has 1 aromatic heterocycles. The second-order valence-corrected chi connectivity index (χ2v) is 9.31. The van der Waals surface area contributed by atoms with Crippen LogP contribution in [0, 0.1) is 0 Å². The molecule has 3 heterocycles. The SMILES string of the molecule is CN1CCN(c2ccc(N3CCC[C@](c4ccccc4)(N(C)C)CCNC3=O)cn2)CC1O. The third-order valence-corrected chi connectivity index (χ3v) is 7.18. The number of rotatable bonds is 4. The second kappa shape index (κ2) is 10.1. The van der Waals surface area contributed by atoms with E-state index in [0.29, 0.717) is 19.6 Å². The number of hydrogen-bond donors (Lipinski definition) is 2. The van der Waals surface area contributed by atoms with Gasteiger partial charge < -0.3 is 15.3 Å². The average Bonchev–Trinajstić information content (AvgIpc) is 2.91. The summed E-state index contributed by atoms with van der Waals surface area (Å²) in [7, 11) is 6.18. The molecule has 4 rings (SSSR count). The number of likely N-dealkylation sites (N-methyl/N-ethyl adjacent to an activating group) is 1. The van der Waals surface area contributed by atoms with Gasteiger partial charge in [-0.2, -0.15) is 0 Å². The highest BCUT2D eigenvalue weighted by Gasteiger charge is 2.35. The zero-order valence-corrected chi connectivity index (χ0v) is 19.9. The lowest BCUT2D eigenvalue weighted by molar-refractivity contribution is 0.0151. The molecule has 1 aromatic carbocycles. The Morgan fingerprint density at radius 1 is 1.09 bits per heavy atom. The van der Waals surface area contributed by atoms with Crippen LogP contribution in [0.15, 0.2) is 48.7 Å². The summed E-state index contributed by atoms with van der Waals surface area (Å²) in [6.45, 7) is 3.36. The quantitative estimate of drug-likeness (QED) is 0.742. The number of nitrogens with zero attached hydrogens (tertiary/aromatic N) is 5. The molecule has 0 aliphatic carbocycles. The predicted octanol–water partition coefficient (Wildman–Crippen LogP) is 2.31. The standard InChI is InChI=1S/C25H36N6O2/c1-28(2)25(20-8-5-4-6-9-20)12-7-15-31(24(33)26-14-13-25)21-10-11-22(27-18-21)30-17-16-29(3)23(32)19-30/h4-6,8-11,18,23,32H,7,12-17,19H2,1-3H3,(H,26,33)/t23?,25-/m0/s1. The minimum absolute atomic E-state index is 0.0813. The molecular weight excluding hydrogens is 416 g/mol. The minimum Gasteiger partial charge on any atom is -0.377 e. The molecule has 1 unspecified atom stereocenters. The highest BCUT2D eigenvalue weighted by molar-refractivity contribution is 5.91. The van der Waals surface area contributed by atoms with Gasteiger partial charge in [-0.25, -0.2) is 9.78 Å². The summed E-state index contributed by atoms with van der Waals surface area (Å²) in [5.41, 5.74) is 1.97. The molecule has 0 bridgehead atoms. The van der Waals surface area contributed by atoms with E-state index in [9.17, 15) is 9.90 Å². The lowest BCUT2D eigenvalue weighted by Gasteiger charge is -2.41. The third kappa shape index (κ3) is 4.98. The fraction of sp³-hybridized carbons (Fsp3) is 0.520. The summed E-state index contributed by atoms with van der Waals surface area (Å²) < 4.78 is 0. The van der Waals surface area contributed by atoms with Crippen LogP contribution in [0.2, 0.25) is 0 Å². The molecule has 2 N–H and O–H groups in total. The Labute approximate surface area is 196 Å². The summed E-state index contributed by atoms with van der Waals surface area (Å²) in [5.74, 6) is 0.825. The van der Waals surface area contributed by atoms with Gasteiger partial charge in [-0.3, -0.25) is 14.7 Å². The van der Waals surface area contributed by atoms with Crippen LogP contribution in [-0.4, -0.2) is 86.0 Å². The molecule has 2 aliphatic heterocycles. The number of hydrogen-bond acceptors (Lipinski definition) is 6. The van der Waals surface area contributed by atoms with Crippen LogP contribution in [0.3, 0.4) is 0 Å². The van der Waals surface area contributed by atoms with Gasteiger partial charge in [0.05, 0.1) is 18.4 Å². The Hall–Kier alpha value is -2.68. The first-order chi connectivity index (χ1) is 15.9. The zero-order valence-electron chi connectivity index (χ0n) is 19.9. The maximum atomic E-state index is 13.0. The van der Waals surface area contributed by atoms with E-state index in [2.05, 4.69) is 58.5 Å². The van der Waals surface area contributed by atoms with Crippen molar-refractivity contribution in [2.45, 2.75) is 31.0 Å². The summed E-state index contributed by atoms with van der Waals surface area (Å²) in [6, 6.07) is 14.4. The van der Waals surface area contributed by atoms with Gasteiger partial charge in [-0.05, 0) is 58.1 Å². The van der Waals surface area contributed by atoms with Crippen molar-refractivity contribution < 1.29 is 9.90 Å². The molecule has 178 valence electrons. The molecule has 0 saturated carbocycles. The van der Waals surface area contributed by atoms with E-state index in [0.717, 1.165) is 43.9 Å². The van der Waals surface area contributed by atoms with E-state index in [1.54, 1.807) is 11.1 Å². The van der Waals surface area contributed by atoms with Gasteiger partial charge in [0.15, 0.2) is 0 Å². The lowest BCUT2D eigenvalue weighted by Crippen LogP contribution is -2.51. The van der Waals surface area contributed by atoms with Gasteiger partial charge in [0.1, 0.15) is 12.0 Å². The second-order valence-electron chi connectivity index (χ2n) is 9.31. The number of amides is 2. The highest BCUT2D eigenvalue weighted by Crippen LogP contribution is 2.36. The van der Waals surface area contributed by atoms with Gasteiger partial charge in [-0.15, -0.1) is 0 Å². The topological polar surface area (TPSA) is 75.2 Å². The average molecular weight is 453 g/mol. The van der Waals surface area contributed by atoms with Crippen molar-refractivity contribution in [1.29, 1.82) is 0 Å². The molecule has 0 spiro atoms. The fourth-order valence-corrected chi connectivity index (χ4v) is 5.00. The number of aromatic nitrogens is 1. The van der Waals surface area contributed by atoms with Gasteiger partial charge in [0.25, 0.3) is 0 Å². The van der Waals surface area contributed by atoms with Crippen LogP contribution in [0.25, 0.3) is 0 Å². The molecule has 2 saturated heterocycles. The monoisotopic (exact) mass is 452 g/mol. The number of nitrogens with one attached hydrogen (secondary N) is 1. The molecule has 2 aromatic rings. The van der Waals surface area contributed by atoms with Crippen LogP contribution < -0.4 is 15.1 Å². The maximum absolute atomic E-state index is 13.0. The van der Waals surface area contributed by atoms with Crippen molar-refractivity contribution in [3.8, 4) is 0 Å². The van der Waals surface area contributed by atoms with Crippen LogP contribution in [0.5, 0.6) is 0 Å². The van der Waals surface area contributed by atoms with Gasteiger partial charge >= 0.3 is 6.03 Å². The summed E-state index contributed by atoms with van der Waals surface area (Å²) in [4.78, 5) is 25.8. The molecular formula is C25H36N6O2. The van der Waals surface area contributed by atoms with E-state index in [1.807, 2.05) is 30.1 Å². The smallest absolute Gasteiger partial charge is 0.321 e.